The standard InChI is InChI=1S/C35H67NO3/c1-3-5-7-9-11-12-13-14-15-16-17-18-21-25-29-34(37)33-36-31-27-23-20-22-26-30-35(38)39-32-28-24-19-10-8-6-4-2/h11-12,14-15,34,36-37H,3-10,13,16-33H2,1-2H3/b12-11+,15-14+. The SMILES string of the molecule is CCCCC/C=C/C/C=C/CCCCCCC(O)CNCCCCCCCC(=O)OCCCCCCCCC. The van der Waals surface area contributed by atoms with Gasteiger partial charge in [0.1, 0.15) is 0 Å². The predicted molar refractivity (Wildman–Crippen MR) is 170 cm³/mol. The molecule has 0 heterocycles. The maximum atomic E-state index is 11.8. The van der Waals surface area contributed by atoms with Gasteiger partial charge in [-0.25, -0.2) is 0 Å². The number of hydrogen-bond acceptors (Lipinski definition) is 4. The van der Waals surface area contributed by atoms with E-state index in [0.717, 1.165) is 51.5 Å². The summed E-state index contributed by atoms with van der Waals surface area (Å²) < 4.78 is 5.35. The molecule has 0 bridgehead atoms. The van der Waals surface area contributed by atoms with Crippen LogP contribution in [-0.4, -0.2) is 36.9 Å². The molecule has 0 saturated carbocycles. The highest BCUT2D eigenvalue weighted by atomic mass is 16.5. The Morgan fingerprint density at radius 1 is 0.667 bits per heavy atom. The van der Waals surface area contributed by atoms with Crippen molar-refractivity contribution in [2.45, 2.75) is 174 Å². The first-order valence-corrected chi connectivity index (χ1v) is 17.0. The molecule has 0 aliphatic carbocycles. The second kappa shape index (κ2) is 33.1. The largest absolute Gasteiger partial charge is 0.466 e. The first kappa shape index (κ1) is 37.9. The van der Waals surface area contributed by atoms with Gasteiger partial charge in [-0.1, -0.05) is 128 Å². The fraction of sp³-hybridized carbons (Fsp3) is 0.857. The minimum absolute atomic E-state index is 0.0232. The number of hydrogen-bond donors (Lipinski definition) is 2. The number of rotatable bonds is 31. The molecule has 0 fully saturated rings. The highest BCUT2D eigenvalue weighted by Crippen LogP contribution is 2.10. The molecule has 0 spiro atoms. The number of ether oxygens (including phenoxy) is 1. The van der Waals surface area contributed by atoms with Crippen LogP contribution in [0.3, 0.4) is 0 Å². The molecule has 1 unspecified atom stereocenters. The van der Waals surface area contributed by atoms with Crippen LogP contribution in [0.5, 0.6) is 0 Å². The van der Waals surface area contributed by atoms with Crippen LogP contribution < -0.4 is 5.32 Å². The number of esters is 1. The first-order chi connectivity index (χ1) is 19.2. The zero-order valence-corrected chi connectivity index (χ0v) is 26.2. The number of aliphatic hydroxyl groups is 1. The quantitative estimate of drug-likeness (QED) is 0.0513. The molecule has 0 rings (SSSR count). The molecule has 0 aromatic carbocycles. The molecule has 230 valence electrons. The Bertz CT molecular complexity index is 546. The Morgan fingerprint density at radius 2 is 1.21 bits per heavy atom. The minimum atomic E-state index is -0.221. The summed E-state index contributed by atoms with van der Waals surface area (Å²) in [6.45, 7) is 6.76. The summed E-state index contributed by atoms with van der Waals surface area (Å²) in [6, 6.07) is 0. The molecule has 0 radical (unpaired) electrons. The molecular weight excluding hydrogens is 482 g/mol. The number of carbonyl (C=O) groups is 1. The second-order valence-electron chi connectivity index (χ2n) is 11.4. The molecule has 0 aliphatic rings. The summed E-state index contributed by atoms with van der Waals surface area (Å²) in [7, 11) is 0. The Kier molecular flexibility index (Phi) is 32.1. The summed E-state index contributed by atoms with van der Waals surface area (Å²) in [5, 5.41) is 13.6. The normalized spacial score (nSPS) is 12.6. The van der Waals surface area contributed by atoms with Crippen molar-refractivity contribution < 1.29 is 14.6 Å². The predicted octanol–water partition coefficient (Wildman–Crippen LogP) is 9.99. The number of nitrogens with one attached hydrogen (secondary N) is 1. The van der Waals surface area contributed by atoms with Crippen LogP contribution in [0.25, 0.3) is 0 Å². The van der Waals surface area contributed by atoms with Crippen LogP contribution >= 0.6 is 0 Å². The van der Waals surface area contributed by atoms with Crippen molar-refractivity contribution in [2.24, 2.45) is 0 Å². The third kappa shape index (κ3) is 33.0. The summed E-state index contributed by atoms with van der Waals surface area (Å²) in [4.78, 5) is 11.8. The topological polar surface area (TPSA) is 58.6 Å². The van der Waals surface area contributed by atoms with Crippen molar-refractivity contribution in [1.82, 2.24) is 5.32 Å². The third-order valence-electron chi connectivity index (χ3n) is 7.36. The molecule has 0 aromatic heterocycles. The van der Waals surface area contributed by atoms with E-state index in [0.29, 0.717) is 19.6 Å². The van der Waals surface area contributed by atoms with Gasteiger partial charge in [0.2, 0.25) is 0 Å². The fourth-order valence-electron chi connectivity index (χ4n) is 4.75. The molecule has 4 nitrogen and oxygen atoms in total. The van der Waals surface area contributed by atoms with Gasteiger partial charge in [-0.2, -0.15) is 0 Å². The van der Waals surface area contributed by atoms with Gasteiger partial charge in [-0.3, -0.25) is 4.79 Å². The lowest BCUT2D eigenvalue weighted by molar-refractivity contribution is -0.143. The van der Waals surface area contributed by atoms with Crippen molar-refractivity contribution in [1.29, 1.82) is 0 Å². The number of carbonyl (C=O) groups excluding carboxylic acids is 1. The van der Waals surface area contributed by atoms with Crippen LogP contribution in [0.2, 0.25) is 0 Å². The van der Waals surface area contributed by atoms with Gasteiger partial charge >= 0.3 is 5.97 Å². The van der Waals surface area contributed by atoms with Crippen LogP contribution in [0.4, 0.5) is 0 Å². The highest BCUT2D eigenvalue weighted by molar-refractivity contribution is 5.69. The third-order valence-corrected chi connectivity index (χ3v) is 7.36. The molecule has 1 atom stereocenters. The molecule has 2 N–H and O–H groups in total. The van der Waals surface area contributed by atoms with Crippen LogP contribution in [0.15, 0.2) is 24.3 Å². The van der Waals surface area contributed by atoms with Gasteiger partial charge in [0, 0.05) is 13.0 Å². The zero-order chi connectivity index (χ0) is 28.5. The van der Waals surface area contributed by atoms with E-state index in [1.807, 2.05) is 0 Å². The Balaban J connectivity index is 3.30. The summed E-state index contributed by atoms with van der Waals surface area (Å²) >= 11 is 0. The van der Waals surface area contributed by atoms with Crippen molar-refractivity contribution in [3.8, 4) is 0 Å². The number of unbranched alkanes of at least 4 members (excludes halogenated alkanes) is 17. The van der Waals surface area contributed by atoms with E-state index < -0.39 is 0 Å². The van der Waals surface area contributed by atoms with Gasteiger partial charge in [-0.15, -0.1) is 0 Å². The molecule has 0 amide bonds. The lowest BCUT2D eigenvalue weighted by Crippen LogP contribution is -2.27. The molecular formula is C35H67NO3. The number of aliphatic hydroxyl groups excluding tert-OH is 1. The van der Waals surface area contributed by atoms with E-state index in [9.17, 15) is 9.90 Å². The summed E-state index contributed by atoms with van der Waals surface area (Å²) in [6.07, 6.45) is 37.0. The Morgan fingerprint density at radius 3 is 1.92 bits per heavy atom. The van der Waals surface area contributed by atoms with Crippen molar-refractivity contribution in [2.75, 3.05) is 19.7 Å². The second-order valence-corrected chi connectivity index (χ2v) is 11.4. The van der Waals surface area contributed by atoms with Gasteiger partial charge < -0.3 is 15.2 Å². The molecule has 0 aliphatic heterocycles. The first-order valence-electron chi connectivity index (χ1n) is 17.0. The number of allylic oxidation sites excluding steroid dienone is 4. The van der Waals surface area contributed by atoms with Crippen LogP contribution in [-0.2, 0) is 9.53 Å². The van der Waals surface area contributed by atoms with E-state index in [4.69, 9.17) is 4.74 Å². The molecule has 4 heteroatoms. The smallest absolute Gasteiger partial charge is 0.305 e. The zero-order valence-electron chi connectivity index (χ0n) is 26.2. The molecule has 0 saturated heterocycles. The minimum Gasteiger partial charge on any atom is -0.466 e. The van der Waals surface area contributed by atoms with Crippen LogP contribution in [0.1, 0.15) is 168 Å². The van der Waals surface area contributed by atoms with Gasteiger partial charge in [-0.05, 0) is 64.3 Å². The summed E-state index contributed by atoms with van der Waals surface area (Å²) in [5.41, 5.74) is 0. The van der Waals surface area contributed by atoms with Crippen molar-refractivity contribution in [3.63, 3.8) is 0 Å². The Labute approximate surface area is 243 Å². The van der Waals surface area contributed by atoms with Crippen molar-refractivity contribution in [3.05, 3.63) is 24.3 Å². The monoisotopic (exact) mass is 550 g/mol. The maximum absolute atomic E-state index is 11.8. The average molecular weight is 550 g/mol. The van der Waals surface area contributed by atoms with E-state index in [-0.39, 0.29) is 12.1 Å². The van der Waals surface area contributed by atoms with Gasteiger partial charge in [0.05, 0.1) is 12.7 Å². The van der Waals surface area contributed by atoms with Gasteiger partial charge in [0.25, 0.3) is 0 Å². The average Bonchev–Trinajstić information content (AvgIpc) is 2.93. The van der Waals surface area contributed by atoms with E-state index in [2.05, 4.69) is 43.5 Å². The molecule has 0 aromatic rings. The lowest BCUT2D eigenvalue weighted by Gasteiger charge is -2.11. The van der Waals surface area contributed by atoms with Crippen molar-refractivity contribution >= 4 is 5.97 Å². The van der Waals surface area contributed by atoms with Gasteiger partial charge in [0.15, 0.2) is 0 Å². The van der Waals surface area contributed by atoms with E-state index in [1.165, 1.54) is 103 Å². The van der Waals surface area contributed by atoms with E-state index >= 15 is 0 Å². The maximum Gasteiger partial charge on any atom is 0.305 e. The Hall–Kier alpha value is -1.13. The lowest BCUT2D eigenvalue weighted by atomic mass is 10.1. The fourth-order valence-corrected chi connectivity index (χ4v) is 4.75. The molecule has 39 heavy (non-hydrogen) atoms. The summed E-state index contributed by atoms with van der Waals surface area (Å²) in [5.74, 6) is -0.0232. The van der Waals surface area contributed by atoms with Crippen LogP contribution in [0, 0.1) is 0 Å². The van der Waals surface area contributed by atoms with E-state index in [1.54, 1.807) is 0 Å². The highest BCUT2D eigenvalue weighted by Gasteiger charge is 2.04.